The number of carbonyl (C=O) groups is 1. The fourth-order valence-corrected chi connectivity index (χ4v) is 4.70. The minimum Gasteiger partial charge on any atom is -0.497 e. The molecule has 0 saturated carbocycles. The average molecular weight is 433 g/mol. The van der Waals surface area contributed by atoms with Gasteiger partial charge in [0.05, 0.1) is 24.1 Å². The highest BCUT2D eigenvalue weighted by atomic mass is 32.1. The van der Waals surface area contributed by atoms with Crippen molar-refractivity contribution < 1.29 is 13.9 Å². The number of methoxy groups -OCH3 is 1. The molecule has 1 aliphatic heterocycles. The fraction of sp³-hybridized carbons (Fsp3) is 0.217. The quantitative estimate of drug-likeness (QED) is 0.478. The molecule has 1 aliphatic rings. The van der Waals surface area contributed by atoms with Crippen molar-refractivity contribution in [2.24, 2.45) is 0 Å². The summed E-state index contributed by atoms with van der Waals surface area (Å²) in [6.45, 7) is 3.89. The van der Waals surface area contributed by atoms with Crippen molar-refractivity contribution in [1.82, 2.24) is 10.2 Å². The third kappa shape index (κ3) is 3.02. The van der Waals surface area contributed by atoms with Gasteiger partial charge in [0.15, 0.2) is 5.43 Å². The number of carbonyl (C=O) groups excluding carboxylic acids is 1. The molecule has 8 heteroatoms. The lowest BCUT2D eigenvalue weighted by atomic mass is 9.98. The molecule has 0 bridgehead atoms. The Morgan fingerprint density at radius 2 is 2.00 bits per heavy atom. The van der Waals surface area contributed by atoms with E-state index in [1.807, 2.05) is 44.2 Å². The van der Waals surface area contributed by atoms with Crippen molar-refractivity contribution in [3.63, 3.8) is 0 Å². The Hall–Kier alpha value is -3.52. The largest absolute Gasteiger partial charge is 0.497 e. The number of aromatic nitrogens is 2. The molecule has 156 valence electrons. The van der Waals surface area contributed by atoms with Crippen LogP contribution in [0, 0.1) is 6.92 Å². The minimum absolute atomic E-state index is 0.0439. The molecular formula is C23H19N3O4S. The number of benzene rings is 2. The van der Waals surface area contributed by atoms with E-state index in [1.165, 1.54) is 16.2 Å². The SMILES string of the molecule is CCc1nnc(N2C(=O)c3oc4ccc(C)cc4c(=O)c3[C@H]2c2cccc(OC)c2)s1. The van der Waals surface area contributed by atoms with Crippen LogP contribution in [0.1, 0.15) is 45.2 Å². The van der Waals surface area contributed by atoms with E-state index in [-0.39, 0.29) is 11.2 Å². The lowest BCUT2D eigenvalue weighted by Gasteiger charge is -2.22. The van der Waals surface area contributed by atoms with Gasteiger partial charge in [-0.2, -0.15) is 0 Å². The Morgan fingerprint density at radius 3 is 2.74 bits per heavy atom. The molecule has 3 heterocycles. The van der Waals surface area contributed by atoms with Crippen LogP contribution in [0.5, 0.6) is 5.75 Å². The molecule has 0 unspecified atom stereocenters. The van der Waals surface area contributed by atoms with Crippen molar-refractivity contribution >= 4 is 33.3 Å². The summed E-state index contributed by atoms with van der Waals surface area (Å²) in [6, 6.07) is 12.0. The Bertz CT molecular complexity index is 1390. The van der Waals surface area contributed by atoms with Crippen molar-refractivity contribution in [3.8, 4) is 5.75 Å². The zero-order valence-corrected chi connectivity index (χ0v) is 18.0. The summed E-state index contributed by atoms with van der Waals surface area (Å²) in [4.78, 5) is 28.6. The third-order valence-electron chi connectivity index (χ3n) is 5.40. The van der Waals surface area contributed by atoms with Crippen molar-refractivity contribution in [3.05, 3.63) is 80.1 Å². The molecule has 5 rings (SSSR count). The second-order valence-corrected chi connectivity index (χ2v) is 8.40. The molecule has 0 spiro atoms. The lowest BCUT2D eigenvalue weighted by molar-refractivity contribution is 0.0970. The third-order valence-corrected chi connectivity index (χ3v) is 6.47. The van der Waals surface area contributed by atoms with Crippen LogP contribution in [0.25, 0.3) is 11.0 Å². The van der Waals surface area contributed by atoms with E-state index in [0.717, 1.165) is 16.1 Å². The molecule has 0 saturated heterocycles. The molecule has 2 aromatic carbocycles. The van der Waals surface area contributed by atoms with Gasteiger partial charge in [0.2, 0.25) is 10.9 Å². The van der Waals surface area contributed by atoms with E-state index in [1.54, 1.807) is 19.2 Å². The first-order valence-corrected chi connectivity index (χ1v) is 10.7. The highest BCUT2D eigenvalue weighted by Gasteiger charge is 2.45. The summed E-state index contributed by atoms with van der Waals surface area (Å²) in [5.41, 5.74) is 2.16. The second kappa shape index (κ2) is 7.31. The summed E-state index contributed by atoms with van der Waals surface area (Å²) >= 11 is 1.33. The number of aryl methyl sites for hydroxylation is 2. The normalized spacial score (nSPS) is 15.5. The van der Waals surface area contributed by atoms with E-state index in [2.05, 4.69) is 10.2 Å². The number of ether oxygens (including phenoxy) is 1. The van der Waals surface area contributed by atoms with Gasteiger partial charge in [-0.05, 0) is 43.2 Å². The molecule has 0 radical (unpaired) electrons. The summed E-state index contributed by atoms with van der Waals surface area (Å²) < 4.78 is 11.4. The molecule has 7 nitrogen and oxygen atoms in total. The number of anilines is 1. The van der Waals surface area contributed by atoms with Gasteiger partial charge in [-0.1, -0.05) is 42.0 Å². The highest BCUT2D eigenvalue weighted by Crippen LogP contribution is 2.42. The first-order chi connectivity index (χ1) is 15.0. The Balaban J connectivity index is 1.80. The molecule has 0 aliphatic carbocycles. The number of amides is 1. The van der Waals surface area contributed by atoms with E-state index in [0.29, 0.717) is 33.8 Å². The zero-order valence-electron chi connectivity index (χ0n) is 17.2. The summed E-state index contributed by atoms with van der Waals surface area (Å²) in [6.07, 6.45) is 0.705. The van der Waals surface area contributed by atoms with Gasteiger partial charge in [0.25, 0.3) is 5.91 Å². The van der Waals surface area contributed by atoms with Crippen molar-refractivity contribution in [2.75, 3.05) is 12.0 Å². The molecule has 2 aromatic heterocycles. The van der Waals surface area contributed by atoms with Gasteiger partial charge in [-0.3, -0.25) is 14.5 Å². The first-order valence-electron chi connectivity index (χ1n) is 9.89. The number of fused-ring (bicyclic) bond motifs is 2. The highest BCUT2D eigenvalue weighted by molar-refractivity contribution is 7.15. The Morgan fingerprint density at radius 1 is 1.16 bits per heavy atom. The van der Waals surface area contributed by atoms with E-state index >= 15 is 0 Å². The summed E-state index contributed by atoms with van der Waals surface area (Å²) in [5.74, 6) is 0.273. The number of hydrogen-bond acceptors (Lipinski definition) is 7. The monoisotopic (exact) mass is 433 g/mol. The molecule has 31 heavy (non-hydrogen) atoms. The maximum absolute atomic E-state index is 13.6. The summed E-state index contributed by atoms with van der Waals surface area (Å²) in [5, 5.41) is 10.1. The standard InChI is InChI=1S/C23H19N3O4S/c1-4-17-24-25-23(31-17)26-19(13-6-5-7-14(11-13)29-3)18-20(27)15-10-12(2)8-9-16(15)30-21(18)22(26)28/h5-11,19H,4H2,1-3H3/t19-/m1/s1. The fourth-order valence-electron chi connectivity index (χ4n) is 3.90. The predicted molar refractivity (Wildman–Crippen MR) is 118 cm³/mol. The van der Waals surface area contributed by atoms with Crippen LogP contribution in [0.2, 0.25) is 0 Å². The van der Waals surface area contributed by atoms with Crippen LogP contribution in [0.15, 0.2) is 51.7 Å². The predicted octanol–water partition coefficient (Wildman–Crippen LogP) is 4.27. The van der Waals surface area contributed by atoms with Gasteiger partial charge in [-0.15, -0.1) is 10.2 Å². The van der Waals surface area contributed by atoms with Crippen LogP contribution < -0.4 is 15.1 Å². The number of rotatable bonds is 4. The van der Waals surface area contributed by atoms with Gasteiger partial charge in [-0.25, -0.2) is 0 Å². The molecule has 4 aromatic rings. The first kappa shape index (κ1) is 19.4. The molecule has 1 amide bonds. The van der Waals surface area contributed by atoms with Crippen molar-refractivity contribution in [1.29, 1.82) is 0 Å². The Kier molecular flexibility index (Phi) is 4.59. The van der Waals surface area contributed by atoms with Crippen LogP contribution in [-0.2, 0) is 6.42 Å². The zero-order chi connectivity index (χ0) is 21.7. The van der Waals surface area contributed by atoms with Gasteiger partial charge in [0, 0.05) is 0 Å². The van der Waals surface area contributed by atoms with Crippen molar-refractivity contribution in [2.45, 2.75) is 26.3 Å². The van der Waals surface area contributed by atoms with E-state index < -0.39 is 11.9 Å². The molecular weight excluding hydrogens is 414 g/mol. The van der Waals surface area contributed by atoms with Gasteiger partial charge < -0.3 is 9.15 Å². The van der Waals surface area contributed by atoms with E-state index in [9.17, 15) is 9.59 Å². The molecule has 0 N–H and O–H groups in total. The van der Waals surface area contributed by atoms with Gasteiger partial charge >= 0.3 is 0 Å². The van der Waals surface area contributed by atoms with Gasteiger partial charge in [0.1, 0.15) is 16.3 Å². The Labute approximate surface area is 181 Å². The second-order valence-electron chi connectivity index (χ2n) is 7.36. The smallest absolute Gasteiger partial charge is 0.297 e. The van der Waals surface area contributed by atoms with Crippen LogP contribution in [0.4, 0.5) is 5.13 Å². The lowest BCUT2D eigenvalue weighted by Crippen LogP contribution is -2.29. The number of hydrogen-bond donors (Lipinski definition) is 0. The summed E-state index contributed by atoms with van der Waals surface area (Å²) in [7, 11) is 1.58. The number of nitrogens with zero attached hydrogens (tertiary/aromatic N) is 3. The topological polar surface area (TPSA) is 85.5 Å². The average Bonchev–Trinajstić information content (AvgIpc) is 3.37. The van der Waals surface area contributed by atoms with Crippen LogP contribution in [-0.4, -0.2) is 23.2 Å². The minimum atomic E-state index is -0.684. The van der Waals surface area contributed by atoms with Crippen LogP contribution >= 0.6 is 11.3 Å². The van der Waals surface area contributed by atoms with Crippen LogP contribution in [0.3, 0.4) is 0 Å². The maximum atomic E-state index is 13.6. The maximum Gasteiger partial charge on any atom is 0.297 e. The van der Waals surface area contributed by atoms with E-state index in [4.69, 9.17) is 9.15 Å². The molecule has 0 fully saturated rings. The molecule has 1 atom stereocenters.